The molecule has 1 amide bonds. The lowest BCUT2D eigenvalue weighted by molar-refractivity contribution is -0.142. The summed E-state index contributed by atoms with van der Waals surface area (Å²) < 4.78 is 23.0. The van der Waals surface area contributed by atoms with Crippen LogP contribution in [0.4, 0.5) is 0 Å². The van der Waals surface area contributed by atoms with Gasteiger partial charge in [-0.3, -0.25) is 9.59 Å². The van der Waals surface area contributed by atoms with Crippen molar-refractivity contribution in [2.75, 3.05) is 18.1 Å². The van der Waals surface area contributed by atoms with Gasteiger partial charge in [0, 0.05) is 12.6 Å². The van der Waals surface area contributed by atoms with Gasteiger partial charge in [0.1, 0.15) is 0 Å². The molecule has 1 saturated carbocycles. The van der Waals surface area contributed by atoms with Crippen LogP contribution >= 0.6 is 0 Å². The van der Waals surface area contributed by atoms with E-state index in [4.69, 9.17) is 5.11 Å². The maximum atomic E-state index is 12.4. The minimum absolute atomic E-state index is 0.0338. The molecule has 108 valence electrons. The van der Waals surface area contributed by atoms with Crippen molar-refractivity contribution in [1.29, 1.82) is 0 Å². The molecule has 1 aliphatic carbocycles. The number of rotatable bonds is 2. The molecule has 6 nitrogen and oxygen atoms in total. The lowest BCUT2D eigenvalue weighted by atomic mass is 10.1. The Hall–Kier alpha value is -1.11. The van der Waals surface area contributed by atoms with E-state index in [0.717, 1.165) is 0 Å². The van der Waals surface area contributed by atoms with Crippen LogP contribution in [0.1, 0.15) is 20.8 Å². The maximum absolute atomic E-state index is 12.4. The Labute approximate surface area is 112 Å². The van der Waals surface area contributed by atoms with E-state index in [1.807, 2.05) is 0 Å². The van der Waals surface area contributed by atoms with Crippen molar-refractivity contribution in [2.45, 2.75) is 26.8 Å². The van der Waals surface area contributed by atoms with Crippen LogP contribution in [0, 0.1) is 17.3 Å². The van der Waals surface area contributed by atoms with Crippen LogP contribution in [0.15, 0.2) is 0 Å². The van der Waals surface area contributed by atoms with Crippen LogP contribution in [0.2, 0.25) is 0 Å². The number of nitrogens with zero attached hydrogens (tertiary/aromatic N) is 1. The Morgan fingerprint density at radius 2 is 1.84 bits per heavy atom. The fourth-order valence-corrected chi connectivity index (χ4v) is 4.62. The molecule has 3 atom stereocenters. The average Bonchev–Trinajstić information content (AvgIpc) is 2.79. The van der Waals surface area contributed by atoms with E-state index in [9.17, 15) is 18.0 Å². The van der Waals surface area contributed by atoms with Gasteiger partial charge in [-0.2, -0.15) is 0 Å². The van der Waals surface area contributed by atoms with Crippen molar-refractivity contribution in [3.8, 4) is 0 Å². The Morgan fingerprint density at radius 1 is 1.26 bits per heavy atom. The predicted molar refractivity (Wildman–Crippen MR) is 68.2 cm³/mol. The highest BCUT2D eigenvalue weighted by Gasteiger charge is 2.67. The van der Waals surface area contributed by atoms with Gasteiger partial charge in [-0.15, -0.1) is 0 Å². The lowest BCUT2D eigenvalue weighted by Crippen LogP contribution is -2.50. The Balaban J connectivity index is 2.12. The van der Waals surface area contributed by atoms with Crippen LogP contribution in [-0.4, -0.2) is 54.4 Å². The number of carboxylic acids is 1. The van der Waals surface area contributed by atoms with Gasteiger partial charge >= 0.3 is 5.97 Å². The monoisotopic (exact) mass is 289 g/mol. The van der Waals surface area contributed by atoms with Gasteiger partial charge in [0.2, 0.25) is 5.91 Å². The van der Waals surface area contributed by atoms with Gasteiger partial charge in [0.25, 0.3) is 0 Å². The van der Waals surface area contributed by atoms with Crippen molar-refractivity contribution in [3.63, 3.8) is 0 Å². The SMILES string of the molecule is CC1CS(=O)(=O)CCN1C(=O)[C@H]1[C@@H](C(=O)O)C1(C)C. The molecule has 2 aliphatic rings. The van der Waals surface area contributed by atoms with Gasteiger partial charge in [-0.05, 0) is 12.3 Å². The van der Waals surface area contributed by atoms with E-state index >= 15 is 0 Å². The summed E-state index contributed by atoms with van der Waals surface area (Å²) in [6.07, 6.45) is 0. The number of hydrogen-bond donors (Lipinski definition) is 1. The average molecular weight is 289 g/mol. The summed E-state index contributed by atoms with van der Waals surface area (Å²) in [5.74, 6) is -2.45. The van der Waals surface area contributed by atoms with Crippen LogP contribution in [0.3, 0.4) is 0 Å². The van der Waals surface area contributed by atoms with Crippen LogP contribution < -0.4 is 0 Å². The molecule has 7 heteroatoms. The number of carbonyl (C=O) groups excluding carboxylic acids is 1. The molecule has 0 spiro atoms. The second-order valence-electron chi connectivity index (χ2n) is 6.11. The third-order valence-corrected chi connectivity index (χ3v) is 6.11. The summed E-state index contributed by atoms with van der Waals surface area (Å²) in [4.78, 5) is 25.0. The van der Waals surface area contributed by atoms with E-state index in [-0.39, 0.29) is 30.0 Å². The molecule has 1 heterocycles. The fraction of sp³-hybridized carbons (Fsp3) is 0.833. The number of carboxylic acid groups (broad SMARTS) is 1. The largest absolute Gasteiger partial charge is 0.481 e. The van der Waals surface area contributed by atoms with Crippen molar-refractivity contribution in [1.82, 2.24) is 4.90 Å². The molecule has 19 heavy (non-hydrogen) atoms. The highest BCUT2D eigenvalue weighted by molar-refractivity contribution is 7.91. The number of hydrogen-bond acceptors (Lipinski definition) is 4. The molecular formula is C12H19NO5S. The zero-order valence-electron chi connectivity index (χ0n) is 11.3. The first-order valence-electron chi connectivity index (χ1n) is 6.31. The Morgan fingerprint density at radius 3 is 2.26 bits per heavy atom. The highest BCUT2D eigenvalue weighted by Crippen LogP contribution is 2.59. The van der Waals surface area contributed by atoms with Gasteiger partial charge in [-0.25, -0.2) is 8.42 Å². The maximum Gasteiger partial charge on any atom is 0.307 e. The van der Waals surface area contributed by atoms with Crippen molar-refractivity contribution >= 4 is 21.7 Å². The van der Waals surface area contributed by atoms with Crippen molar-refractivity contribution in [3.05, 3.63) is 0 Å². The molecule has 0 aromatic carbocycles. The quantitative estimate of drug-likeness (QED) is 0.772. The molecule has 1 N–H and O–H groups in total. The summed E-state index contributed by atoms with van der Waals surface area (Å²) in [6.45, 7) is 5.39. The third-order valence-electron chi connectivity index (χ3n) is 4.31. The van der Waals surface area contributed by atoms with Gasteiger partial charge in [0.05, 0.1) is 23.3 Å². The summed E-state index contributed by atoms with van der Waals surface area (Å²) in [5.41, 5.74) is -0.543. The smallest absolute Gasteiger partial charge is 0.307 e. The topological polar surface area (TPSA) is 91.8 Å². The Kier molecular flexibility index (Phi) is 3.16. The minimum atomic E-state index is -3.07. The summed E-state index contributed by atoms with van der Waals surface area (Å²) in [5, 5.41) is 9.09. The molecule has 2 fully saturated rings. The molecule has 1 unspecified atom stereocenters. The van der Waals surface area contributed by atoms with Crippen LogP contribution in [0.25, 0.3) is 0 Å². The molecule has 0 aromatic rings. The molecule has 1 aliphatic heterocycles. The summed E-state index contributed by atoms with van der Waals surface area (Å²) in [7, 11) is -3.07. The number of aliphatic carboxylic acids is 1. The first-order chi connectivity index (χ1) is 8.58. The Bertz CT molecular complexity index is 524. The molecule has 2 rings (SSSR count). The van der Waals surface area contributed by atoms with Gasteiger partial charge < -0.3 is 10.0 Å². The lowest BCUT2D eigenvalue weighted by Gasteiger charge is -2.33. The second-order valence-corrected chi connectivity index (χ2v) is 8.34. The zero-order chi connectivity index (χ0) is 14.6. The summed E-state index contributed by atoms with van der Waals surface area (Å²) in [6, 6.07) is -0.378. The van der Waals surface area contributed by atoms with Gasteiger partial charge in [-0.1, -0.05) is 13.8 Å². The van der Waals surface area contributed by atoms with Crippen molar-refractivity contribution < 1.29 is 23.1 Å². The summed E-state index contributed by atoms with van der Waals surface area (Å²) >= 11 is 0. The van der Waals surface area contributed by atoms with E-state index in [2.05, 4.69) is 0 Å². The first kappa shape index (κ1) is 14.3. The van der Waals surface area contributed by atoms with E-state index < -0.39 is 33.1 Å². The first-order valence-corrected chi connectivity index (χ1v) is 8.14. The highest BCUT2D eigenvalue weighted by atomic mass is 32.2. The number of sulfone groups is 1. The number of carbonyl (C=O) groups is 2. The van der Waals surface area contributed by atoms with E-state index in [0.29, 0.717) is 0 Å². The van der Waals surface area contributed by atoms with Gasteiger partial charge in [0.15, 0.2) is 9.84 Å². The normalized spacial score (nSPS) is 35.7. The predicted octanol–water partition coefficient (Wildman–Crippen LogP) is -0.0113. The standard InChI is InChI=1S/C12H19NO5S/c1-7-6-19(17,18)5-4-13(7)10(14)8-9(11(15)16)12(8,2)3/h7-9H,4-6H2,1-3H3,(H,15,16)/t7?,8-,9+/m1/s1. The molecule has 0 bridgehead atoms. The minimum Gasteiger partial charge on any atom is -0.481 e. The molecular weight excluding hydrogens is 270 g/mol. The van der Waals surface area contributed by atoms with E-state index in [1.54, 1.807) is 20.8 Å². The van der Waals surface area contributed by atoms with Crippen molar-refractivity contribution in [2.24, 2.45) is 17.3 Å². The van der Waals surface area contributed by atoms with E-state index in [1.165, 1.54) is 4.90 Å². The van der Waals surface area contributed by atoms with Crippen LogP contribution in [0.5, 0.6) is 0 Å². The second kappa shape index (κ2) is 4.19. The zero-order valence-corrected chi connectivity index (χ0v) is 12.1. The fourth-order valence-electron chi connectivity index (χ4n) is 3.06. The molecule has 0 radical (unpaired) electrons. The molecule has 0 aromatic heterocycles. The van der Waals surface area contributed by atoms with Crippen LogP contribution in [-0.2, 0) is 19.4 Å². The number of amides is 1. The third kappa shape index (κ3) is 2.35. The molecule has 1 saturated heterocycles.